The van der Waals surface area contributed by atoms with Crippen LogP contribution in [0.4, 0.5) is 11.4 Å². The van der Waals surface area contributed by atoms with Crippen LogP contribution in [0.15, 0.2) is 37.7 Å². The molecule has 2 aromatic carbocycles. The highest BCUT2D eigenvalue weighted by molar-refractivity contribution is 9.11. The molecule has 0 saturated heterocycles. The number of anilines is 2. The van der Waals surface area contributed by atoms with Crippen LogP contribution in [0.1, 0.15) is 81.0 Å². The summed E-state index contributed by atoms with van der Waals surface area (Å²) in [5.74, 6) is 0. The van der Waals surface area contributed by atoms with E-state index in [1.54, 1.807) is 18.2 Å². The van der Waals surface area contributed by atoms with E-state index in [2.05, 4.69) is 58.4 Å². The van der Waals surface area contributed by atoms with E-state index in [4.69, 9.17) is 17.0 Å². The molecule has 0 amide bonds. The highest BCUT2D eigenvalue weighted by atomic mass is 79.9. The number of halogens is 3. The van der Waals surface area contributed by atoms with Crippen LogP contribution >= 0.6 is 47.8 Å². The maximum absolute atomic E-state index is 9.51. The summed E-state index contributed by atoms with van der Waals surface area (Å²) in [5.41, 5.74) is 14.7. The molecule has 2 saturated carbocycles. The third kappa shape index (κ3) is 10.4. The molecule has 2 atom stereocenters. The summed E-state index contributed by atoms with van der Waals surface area (Å²) in [7, 11) is 0. The number of nitrogens with two attached hydrogens (primary N) is 2. The summed E-state index contributed by atoms with van der Waals surface area (Å²) in [4.78, 5) is 0. The lowest BCUT2D eigenvalue weighted by Gasteiger charge is -2.26. The van der Waals surface area contributed by atoms with Crippen molar-refractivity contribution < 1.29 is 15.7 Å². The van der Waals surface area contributed by atoms with Gasteiger partial charge in [-0.1, -0.05) is 29.4 Å². The molecule has 0 radical (unpaired) electrons. The van der Waals surface area contributed by atoms with Crippen LogP contribution in [-0.4, -0.2) is 34.5 Å². The van der Waals surface area contributed by atoms with Crippen molar-refractivity contribution in [3.8, 4) is 0 Å². The molecule has 0 bridgehead atoms. The molecule has 2 aliphatic carbocycles. The molecular weight excluding hydrogens is 665 g/mol. The monoisotopic (exact) mass is 707 g/mol. The molecule has 0 heterocycles. The zero-order valence-electron chi connectivity index (χ0n) is 24.5. The van der Waals surface area contributed by atoms with Gasteiger partial charge in [0, 0.05) is 44.0 Å². The number of nitrogen functional groups attached to an aromatic ring is 2. The first-order chi connectivity index (χ1) is 18.6. The lowest BCUT2D eigenvalue weighted by Crippen LogP contribution is -2.34. The Morgan fingerprint density at radius 2 is 1.22 bits per heavy atom. The van der Waals surface area contributed by atoms with Crippen LogP contribution in [0, 0.1) is 6.92 Å². The van der Waals surface area contributed by atoms with E-state index in [9.17, 15) is 10.2 Å². The highest BCUT2D eigenvalue weighted by Gasteiger charge is 2.20. The Balaban J connectivity index is 0.000000280. The van der Waals surface area contributed by atoms with Crippen LogP contribution in [0.5, 0.6) is 0 Å². The van der Waals surface area contributed by atoms with Gasteiger partial charge in [0.05, 0.1) is 23.6 Å². The summed E-state index contributed by atoms with van der Waals surface area (Å²) in [6, 6.07) is 7.30. The van der Waals surface area contributed by atoms with Crippen LogP contribution in [0.25, 0.3) is 0 Å². The maximum atomic E-state index is 9.51. The van der Waals surface area contributed by atoms with Crippen LogP contribution < -0.4 is 22.1 Å². The minimum absolute atomic E-state index is 0. The molecule has 8 N–H and O–H groups in total. The zero-order chi connectivity index (χ0) is 29.8. The normalized spacial score (nSPS) is 28.5. The molecule has 2 unspecified atom stereocenters. The molecular formula is C28H43Br3N4O2. The van der Waals surface area contributed by atoms with Crippen LogP contribution in [0.2, 0.25) is 0 Å². The summed E-state index contributed by atoms with van der Waals surface area (Å²) < 4.78 is 35.2. The van der Waals surface area contributed by atoms with Crippen LogP contribution in [0.3, 0.4) is 0 Å². The Bertz CT molecular complexity index is 1070. The van der Waals surface area contributed by atoms with Gasteiger partial charge in [-0.05, 0) is 125 Å². The van der Waals surface area contributed by atoms with E-state index >= 15 is 0 Å². The standard InChI is InChI=1S/C14H21BrN2O.C13H18Br2N2O.CH4/c1-9-6-10(14(16)13(15)7-9)8-17-11-2-4-12(18)5-3-11;14-9-5-8(13(16)12(15)6-9)7-17-10-1-3-11(18)4-2-10;/h6-7,11-12,17-18H,2-5,8,16H2,1H3;5-6,10-11,17-18H,1-4,7,16H2;1H4/i8+1DH;7DH;. The van der Waals surface area contributed by atoms with Crippen molar-refractivity contribution in [1.29, 1.82) is 0 Å². The molecule has 6 nitrogen and oxygen atoms in total. The number of aliphatic hydroxyl groups excluding tert-OH is 2. The van der Waals surface area contributed by atoms with Gasteiger partial charge in [-0.2, -0.15) is 0 Å². The second-order valence-electron chi connectivity index (χ2n) is 9.61. The van der Waals surface area contributed by atoms with E-state index in [1.807, 2.05) is 13.0 Å². The molecule has 4 rings (SSSR count). The summed E-state index contributed by atoms with van der Waals surface area (Å²) in [5, 5.41) is 25.1. The van der Waals surface area contributed by atoms with Gasteiger partial charge in [0.25, 0.3) is 0 Å². The fourth-order valence-corrected chi connectivity index (χ4v) is 6.14. The van der Waals surface area contributed by atoms with Crippen molar-refractivity contribution >= 4 is 59.2 Å². The average molecular weight is 710 g/mol. The Morgan fingerprint density at radius 3 is 1.68 bits per heavy atom. The summed E-state index contributed by atoms with van der Waals surface area (Å²) in [6.45, 7) is -1.46. The third-order valence-corrected chi connectivity index (χ3v) is 8.35. The Hall–Kier alpha value is -0.680. The van der Waals surface area contributed by atoms with E-state index in [1.165, 1.54) is 0 Å². The van der Waals surface area contributed by atoms with Gasteiger partial charge >= 0.3 is 0 Å². The van der Waals surface area contributed by atoms with Gasteiger partial charge in [0.15, 0.2) is 0 Å². The molecule has 2 aromatic rings. The summed E-state index contributed by atoms with van der Waals surface area (Å²) in [6.07, 6.45) is 5.51. The molecule has 37 heavy (non-hydrogen) atoms. The number of benzene rings is 2. The van der Waals surface area contributed by atoms with Crippen molar-refractivity contribution in [2.45, 2.75) is 103 Å². The number of aryl methyl sites for hydroxylation is 1. The first kappa shape index (κ1) is 26.5. The second kappa shape index (κ2) is 15.8. The van der Waals surface area contributed by atoms with Gasteiger partial charge in [-0.3, -0.25) is 0 Å². The lowest BCUT2D eigenvalue weighted by molar-refractivity contribution is 0.116. The fraction of sp³-hybridized carbons (Fsp3) is 0.571. The highest BCUT2D eigenvalue weighted by Crippen LogP contribution is 2.29. The van der Waals surface area contributed by atoms with Gasteiger partial charge in [0.2, 0.25) is 0 Å². The first-order valence-electron chi connectivity index (χ1n) is 14.3. The topological polar surface area (TPSA) is 117 Å². The van der Waals surface area contributed by atoms with Crippen molar-refractivity contribution in [2.24, 2.45) is 0 Å². The number of nitrogens with one attached hydrogen (secondary N) is 2. The predicted molar refractivity (Wildman–Crippen MR) is 166 cm³/mol. The van der Waals surface area contributed by atoms with E-state index in [-0.39, 0.29) is 31.7 Å². The second-order valence-corrected chi connectivity index (χ2v) is 12.2. The van der Waals surface area contributed by atoms with E-state index in [0.717, 1.165) is 53.0 Å². The minimum Gasteiger partial charge on any atom is -0.398 e. The molecule has 0 aromatic heterocycles. The van der Waals surface area contributed by atoms with Gasteiger partial charge in [0.1, 0.15) is 0 Å². The lowest BCUT2D eigenvalue weighted by atomic mass is 9.93. The van der Waals surface area contributed by atoms with Crippen molar-refractivity contribution in [1.82, 2.24) is 10.6 Å². The van der Waals surface area contributed by atoms with Gasteiger partial charge in [-0.15, -0.1) is 0 Å². The average Bonchev–Trinajstić information content (AvgIpc) is 2.86. The number of hydrogen-bond donors (Lipinski definition) is 6. The number of aliphatic hydroxyl groups is 2. The maximum Gasteiger partial charge on any atom is 0.0541 e. The SMILES string of the molecule is C.[1H]C([2H])(NC1CCC(O)CC1)c1cc(Br)cc(Br)c1N.[1H][13C]([2H])(NC1CCC(O)CC1)c1cc(C)cc(Br)c1N. The molecule has 0 spiro atoms. The fourth-order valence-electron chi connectivity index (χ4n) is 4.34. The van der Waals surface area contributed by atoms with Crippen LogP contribution in [-0.2, 0) is 13.0 Å². The van der Waals surface area contributed by atoms with Gasteiger partial charge in [-0.25, -0.2) is 0 Å². The molecule has 208 valence electrons. The minimum atomic E-state index is -1.71. The van der Waals surface area contributed by atoms with Gasteiger partial charge < -0.3 is 32.3 Å². The van der Waals surface area contributed by atoms with Crippen molar-refractivity contribution in [3.63, 3.8) is 0 Å². The molecule has 2 fully saturated rings. The van der Waals surface area contributed by atoms with E-state index < -0.39 is 13.0 Å². The third-order valence-electron chi connectivity index (χ3n) is 6.58. The predicted octanol–water partition coefficient (Wildman–Crippen LogP) is 6.56. The van der Waals surface area contributed by atoms with Crippen molar-refractivity contribution in [2.75, 3.05) is 11.5 Å². The number of rotatable bonds is 6. The Kier molecular flexibility index (Phi) is 11.3. The molecule has 2 aliphatic rings. The quantitative estimate of drug-likeness (QED) is 0.150. The van der Waals surface area contributed by atoms with E-state index in [0.29, 0.717) is 39.8 Å². The first-order valence-corrected chi connectivity index (χ1v) is 14.7. The Labute approximate surface area is 253 Å². The smallest absolute Gasteiger partial charge is 0.0541 e. The number of hydrogen-bond acceptors (Lipinski definition) is 6. The van der Waals surface area contributed by atoms with Crippen molar-refractivity contribution in [3.05, 3.63) is 54.4 Å². The molecule has 9 heteroatoms. The Morgan fingerprint density at radius 1 is 0.811 bits per heavy atom. The summed E-state index contributed by atoms with van der Waals surface area (Å²) >= 11 is 10.1. The zero-order valence-corrected chi connectivity index (χ0v) is 25.2. The molecule has 0 aliphatic heterocycles. The largest absolute Gasteiger partial charge is 0.398 e.